The van der Waals surface area contributed by atoms with E-state index in [1.54, 1.807) is 18.2 Å². The van der Waals surface area contributed by atoms with Gasteiger partial charge < -0.3 is 24.3 Å². The van der Waals surface area contributed by atoms with Gasteiger partial charge in [-0.25, -0.2) is 4.79 Å². The Kier molecular flexibility index (Phi) is 10.2. The van der Waals surface area contributed by atoms with Gasteiger partial charge in [-0.2, -0.15) is 0 Å². The molecule has 1 N–H and O–H groups in total. The Balaban J connectivity index is 1.60. The molecule has 1 aliphatic heterocycles. The van der Waals surface area contributed by atoms with Crippen molar-refractivity contribution in [3.63, 3.8) is 0 Å². The number of carbonyl (C=O) groups is 2. The van der Waals surface area contributed by atoms with Gasteiger partial charge in [0.15, 0.2) is 6.61 Å². The maximum Gasteiger partial charge on any atom is 0.337 e. The van der Waals surface area contributed by atoms with E-state index in [4.69, 9.17) is 18.9 Å². The average molecular weight is 527 g/mol. The lowest BCUT2D eigenvalue weighted by Gasteiger charge is -2.33. The number of ether oxygens (including phenoxy) is 4. The fourth-order valence-electron chi connectivity index (χ4n) is 4.87. The predicted molar refractivity (Wildman–Crippen MR) is 148 cm³/mol. The second-order valence-electron chi connectivity index (χ2n) is 11.5. The highest BCUT2D eigenvalue weighted by Crippen LogP contribution is 2.36. The van der Waals surface area contributed by atoms with Crippen molar-refractivity contribution in [2.75, 3.05) is 58.5 Å². The maximum atomic E-state index is 12.8. The average Bonchev–Trinajstić information content (AvgIpc) is 2.87. The van der Waals surface area contributed by atoms with Gasteiger partial charge in [-0.1, -0.05) is 46.8 Å². The van der Waals surface area contributed by atoms with Gasteiger partial charge in [0.05, 0.1) is 31.6 Å². The van der Waals surface area contributed by atoms with Crippen LogP contribution in [0.3, 0.4) is 0 Å². The molecule has 1 heterocycles. The minimum absolute atomic E-state index is 0.0248. The van der Waals surface area contributed by atoms with E-state index < -0.39 is 5.97 Å². The first-order valence-corrected chi connectivity index (χ1v) is 13.2. The van der Waals surface area contributed by atoms with E-state index in [0.717, 1.165) is 26.1 Å². The van der Waals surface area contributed by atoms with E-state index in [1.807, 2.05) is 12.1 Å². The summed E-state index contributed by atoms with van der Waals surface area (Å²) in [6.07, 6.45) is 1.05. The zero-order valence-corrected chi connectivity index (χ0v) is 23.6. The SMILES string of the molecule is COC(=O)c1ccc(OCCN2CCOCC2)c(NC(=O)COc2ccc(C(C)(C)CC(C)(C)C)cc2)c1. The third-order valence-corrected chi connectivity index (χ3v) is 6.42. The number of nitrogens with zero attached hydrogens (tertiary/aromatic N) is 1. The third-order valence-electron chi connectivity index (χ3n) is 6.42. The molecule has 208 valence electrons. The van der Waals surface area contributed by atoms with Crippen LogP contribution in [0.2, 0.25) is 0 Å². The molecule has 2 aromatic rings. The number of benzene rings is 2. The normalized spacial score (nSPS) is 14.6. The van der Waals surface area contributed by atoms with E-state index in [1.165, 1.54) is 12.7 Å². The van der Waals surface area contributed by atoms with Gasteiger partial charge in [0.2, 0.25) is 0 Å². The molecule has 8 nitrogen and oxygen atoms in total. The summed E-state index contributed by atoms with van der Waals surface area (Å²) in [5.41, 5.74) is 2.17. The van der Waals surface area contributed by atoms with Crippen LogP contribution in [0.25, 0.3) is 0 Å². The molecule has 0 saturated carbocycles. The van der Waals surface area contributed by atoms with Gasteiger partial charge in [0.1, 0.15) is 18.1 Å². The molecule has 8 heteroatoms. The number of methoxy groups -OCH3 is 1. The molecule has 0 spiro atoms. The van der Waals surface area contributed by atoms with Crippen LogP contribution in [0.5, 0.6) is 11.5 Å². The number of nitrogens with one attached hydrogen (secondary N) is 1. The molecule has 0 atom stereocenters. The topological polar surface area (TPSA) is 86.3 Å². The first kappa shape index (κ1) is 29.5. The van der Waals surface area contributed by atoms with Gasteiger partial charge >= 0.3 is 5.97 Å². The molecular weight excluding hydrogens is 484 g/mol. The Morgan fingerprint density at radius 1 is 0.974 bits per heavy atom. The van der Waals surface area contributed by atoms with Crippen LogP contribution in [-0.4, -0.2) is 69.9 Å². The monoisotopic (exact) mass is 526 g/mol. The summed E-state index contributed by atoms with van der Waals surface area (Å²) in [5, 5.41) is 2.82. The molecule has 1 aliphatic rings. The number of rotatable bonds is 11. The van der Waals surface area contributed by atoms with Gasteiger partial charge in [0, 0.05) is 19.6 Å². The summed E-state index contributed by atoms with van der Waals surface area (Å²) in [4.78, 5) is 27.1. The van der Waals surface area contributed by atoms with E-state index >= 15 is 0 Å². The molecule has 0 radical (unpaired) electrons. The van der Waals surface area contributed by atoms with Crippen molar-refractivity contribution in [1.29, 1.82) is 0 Å². The third kappa shape index (κ3) is 9.03. The smallest absolute Gasteiger partial charge is 0.337 e. The number of anilines is 1. The molecule has 2 aromatic carbocycles. The summed E-state index contributed by atoms with van der Waals surface area (Å²) in [6.45, 7) is 15.4. The molecule has 1 amide bonds. The van der Waals surface area contributed by atoms with Crippen LogP contribution in [0.4, 0.5) is 5.69 Å². The van der Waals surface area contributed by atoms with E-state index in [9.17, 15) is 9.59 Å². The van der Waals surface area contributed by atoms with Crippen molar-refractivity contribution in [2.45, 2.75) is 46.5 Å². The summed E-state index contributed by atoms with van der Waals surface area (Å²) in [6, 6.07) is 12.7. The number of hydrogen-bond donors (Lipinski definition) is 1. The van der Waals surface area contributed by atoms with Crippen LogP contribution in [0, 0.1) is 5.41 Å². The number of amides is 1. The standard InChI is InChI=1S/C30H42N2O6/c1-29(2,3)21-30(4,5)23-8-10-24(11-9-23)38-20-27(33)31-25-19-22(28(34)35-6)7-12-26(25)37-18-15-32-13-16-36-17-14-32/h7-12,19H,13-18,20-21H2,1-6H3,(H,31,33). The predicted octanol–water partition coefficient (Wildman–Crippen LogP) is 4.92. The highest BCUT2D eigenvalue weighted by molar-refractivity contribution is 5.96. The minimum atomic E-state index is -0.494. The number of hydrogen-bond acceptors (Lipinski definition) is 7. The van der Waals surface area contributed by atoms with Crippen LogP contribution in [-0.2, 0) is 19.7 Å². The van der Waals surface area contributed by atoms with Gasteiger partial charge in [-0.05, 0) is 53.1 Å². The Morgan fingerprint density at radius 2 is 1.66 bits per heavy atom. The van der Waals surface area contributed by atoms with E-state index in [0.29, 0.717) is 42.6 Å². The summed E-state index contributed by atoms with van der Waals surface area (Å²) in [5.74, 6) is 0.235. The first-order chi connectivity index (χ1) is 18.0. The zero-order chi connectivity index (χ0) is 27.8. The lowest BCUT2D eigenvalue weighted by atomic mass is 9.72. The van der Waals surface area contributed by atoms with Crippen molar-refractivity contribution in [3.8, 4) is 11.5 Å². The minimum Gasteiger partial charge on any atom is -0.490 e. The van der Waals surface area contributed by atoms with Crippen LogP contribution >= 0.6 is 0 Å². The van der Waals surface area contributed by atoms with Crippen molar-refractivity contribution < 1.29 is 28.5 Å². The van der Waals surface area contributed by atoms with Crippen LogP contribution < -0.4 is 14.8 Å². The molecule has 0 aliphatic carbocycles. The fourth-order valence-corrected chi connectivity index (χ4v) is 4.87. The molecular formula is C30H42N2O6. The molecule has 38 heavy (non-hydrogen) atoms. The van der Waals surface area contributed by atoms with E-state index in [-0.39, 0.29) is 23.3 Å². The lowest BCUT2D eigenvalue weighted by molar-refractivity contribution is -0.118. The van der Waals surface area contributed by atoms with Gasteiger partial charge in [0.25, 0.3) is 5.91 Å². The van der Waals surface area contributed by atoms with Gasteiger partial charge in [-0.15, -0.1) is 0 Å². The second-order valence-corrected chi connectivity index (χ2v) is 11.5. The van der Waals surface area contributed by atoms with Crippen molar-refractivity contribution in [3.05, 3.63) is 53.6 Å². The molecule has 1 saturated heterocycles. The van der Waals surface area contributed by atoms with Crippen LogP contribution in [0.1, 0.15) is 57.0 Å². The molecule has 1 fully saturated rings. The zero-order valence-electron chi connectivity index (χ0n) is 23.6. The second kappa shape index (κ2) is 13.1. The van der Waals surface area contributed by atoms with Crippen molar-refractivity contribution in [2.24, 2.45) is 5.41 Å². The summed E-state index contributed by atoms with van der Waals surface area (Å²) in [7, 11) is 1.32. The molecule has 3 rings (SSSR count). The Morgan fingerprint density at radius 3 is 2.29 bits per heavy atom. The lowest BCUT2D eigenvalue weighted by Crippen LogP contribution is -2.38. The molecule has 0 unspecified atom stereocenters. The first-order valence-electron chi connectivity index (χ1n) is 13.2. The largest absolute Gasteiger partial charge is 0.490 e. The van der Waals surface area contributed by atoms with Crippen LogP contribution in [0.15, 0.2) is 42.5 Å². The fraction of sp³-hybridized carbons (Fsp3) is 0.533. The maximum absolute atomic E-state index is 12.8. The Labute approximate surface area is 226 Å². The number of carbonyl (C=O) groups excluding carboxylic acids is 2. The molecule has 0 bridgehead atoms. The quantitative estimate of drug-likeness (QED) is 0.416. The van der Waals surface area contributed by atoms with E-state index in [2.05, 4.69) is 57.0 Å². The highest BCUT2D eigenvalue weighted by atomic mass is 16.5. The summed E-state index contributed by atoms with van der Waals surface area (Å²) < 4.78 is 21.9. The Bertz CT molecular complexity index is 1070. The summed E-state index contributed by atoms with van der Waals surface area (Å²) >= 11 is 0. The Hall–Kier alpha value is -3.10. The highest BCUT2D eigenvalue weighted by Gasteiger charge is 2.27. The molecule has 0 aromatic heterocycles. The number of morpholine rings is 1. The van der Waals surface area contributed by atoms with Crippen molar-refractivity contribution in [1.82, 2.24) is 4.90 Å². The number of esters is 1. The van der Waals surface area contributed by atoms with Crippen molar-refractivity contribution >= 4 is 17.6 Å². The van der Waals surface area contributed by atoms with Gasteiger partial charge in [-0.3, -0.25) is 9.69 Å².